The molecule has 1 aromatic carbocycles. The number of guanidine groups is 1. The number of carbonyl (C=O) groups is 1. The van der Waals surface area contributed by atoms with Gasteiger partial charge in [-0.15, -0.1) is 24.0 Å². The third-order valence-corrected chi connectivity index (χ3v) is 6.03. The summed E-state index contributed by atoms with van der Waals surface area (Å²) in [5.74, 6) is 1.69. The van der Waals surface area contributed by atoms with Crippen LogP contribution in [0.15, 0.2) is 52.1 Å². The lowest BCUT2D eigenvalue weighted by Gasteiger charge is -2.29. The summed E-state index contributed by atoms with van der Waals surface area (Å²) >= 11 is 0. The van der Waals surface area contributed by atoms with Crippen LogP contribution < -0.4 is 10.6 Å². The maximum Gasteiger partial charge on any atom is 0.242 e. The van der Waals surface area contributed by atoms with Gasteiger partial charge in [-0.05, 0) is 55.6 Å². The standard InChI is InChI=1S/C23H31N5O2.HI/c1-24-23(25-15-20(21-9-6-14-30-21)27-11-4-5-12-27)26-16-22(29)28-13-10-18-7-2-3-8-19(18)17-28;/h2-3,6-9,14,20H,4-5,10-13,15-17H2,1H3,(H2,24,25,26);1H. The molecule has 3 heterocycles. The van der Waals surface area contributed by atoms with Crippen LogP contribution >= 0.6 is 24.0 Å². The molecule has 1 aromatic heterocycles. The predicted molar refractivity (Wildman–Crippen MR) is 133 cm³/mol. The van der Waals surface area contributed by atoms with Crippen molar-refractivity contribution in [3.05, 3.63) is 59.5 Å². The van der Waals surface area contributed by atoms with Crippen molar-refractivity contribution in [1.82, 2.24) is 20.4 Å². The zero-order chi connectivity index (χ0) is 20.8. The molecule has 0 saturated carbocycles. The lowest BCUT2D eigenvalue weighted by molar-refractivity contribution is -0.130. The van der Waals surface area contributed by atoms with Crippen LogP contribution in [0, 0.1) is 0 Å². The Hall–Kier alpha value is -2.07. The normalized spacial score (nSPS) is 17.6. The van der Waals surface area contributed by atoms with Gasteiger partial charge in [0.05, 0.1) is 18.8 Å². The molecule has 0 aliphatic carbocycles. The maximum absolute atomic E-state index is 12.7. The molecular formula is C23H32IN5O2. The minimum absolute atomic E-state index is 0. The molecule has 4 rings (SSSR count). The van der Waals surface area contributed by atoms with E-state index in [1.165, 1.54) is 24.0 Å². The molecule has 2 aliphatic heterocycles. The third kappa shape index (κ3) is 6.00. The summed E-state index contributed by atoms with van der Waals surface area (Å²) < 4.78 is 5.68. The molecule has 1 unspecified atom stereocenters. The monoisotopic (exact) mass is 537 g/mol. The number of hydrogen-bond donors (Lipinski definition) is 2. The fourth-order valence-electron chi connectivity index (χ4n) is 4.34. The van der Waals surface area contributed by atoms with E-state index in [9.17, 15) is 4.79 Å². The number of furan rings is 1. The van der Waals surface area contributed by atoms with Gasteiger partial charge in [-0.2, -0.15) is 0 Å². The lowest BCUT2D eigenvalue weighted by atomic mass is 10.00. The van der Waals surface area contributed by atoms with Crippen molar-refractivity contribution in [3.8, 4) is 0 Å². The Kier molecular flexibility index (Phi) is 8.77. The Morgan fingerprint density at radius 1 is 1.10 bits per heavy atom. The molecule has 2 aliphatic rings. The molecule has 31 heavy (non-hydrogen) atoms. The Morgan fingerprint density at radius 3 is 2.58 bits per heavy atom. The van der Waals surface area contributed by atoms with E-state index in [4.69, 9.17) is 4.42 Å². The van der Waals surface area contributed by atoms with Gasteiger partial charge in [0.15, 0.2) is 5.96 Å². The fourth-order valence-corrected chi connectivity index (χ4v) is 4.34. The van der Waals surface area contributed by atoms with Gasteiger partial charge in [0.25, 0.3) is 0 Å². The van der Waals surface area contributed by atoms with Crippen LogP contribution in [0.1, 0.15) is 35.8 Å². The molecule has 0 radical (unpaired) electrons. The highest BCUT2D eigenvalue weighted by Gasteiger charge is 2.26. The Morgan fingerprint density at radius 2 is 1.87 bits per heavy atom. The van der Waals surface area contributed by atoms with E-state index >= 15 is 0 Å². The molecule has 7 nitrogen and oxygen atoms in total. The average molecular weight is 537 g/mol. The van der Waals surface area contributed by atoms with Crippen molar-refractivity contribution in [3.63, 3.8) is 0 Å². The summed E-state index contributed by atoms with van der Waals surface area (Å²) in [4.78, 5) is 21.4. The van der Waals surface area contributed by atoms with Gasteiger partial charge in [0.1, 0.15) is 5.76 Å². The second-order valence-electron chi connectivity index (χ2n) is 7.91. The van der Waals surface area contributed by atoms with Crippen LogP contribution in [0.3, 0.4) is 0 Å². The molecule has 0 spiro atoms. The first-order valence-electron chi connectivity index (χ1n) is 10.8. The van der Waals surface area contributed by atoms with Crippen molar-refractivity contribution in [2.24, 2.45) is 4.99 Å². The molecule has 2 aromatic rings. The van der Waals surface area contributed by atoms with Gasteiger partial charge < -0.3 is 20.0 Å². The van der Waals surface area contributed by atoms with Crippen LogP contribution in [-0.4, -0.2) is 61.4 Å². The van der Waals surface area contributed by atoms with Gasteiger partial charge in [-0.25, -0.2) is 0 Å². The number of carbonyl (C=O) groups excluding carboxylic acids is 1. The van der Waals surface area contributed by atoms with Crippen molar-refractivity contribution >= 4 is 35.8 Å². The van der Waals surface area contributed by atoms with E-state index in [-0.39, 0.29) is 42.5 Å². The first-order chi connectivity index (χ1) is 14.7. The zero-order valence-electron chi connectivity index (χ0n) is 18.0. The highest BCUT2D eigenvalue weighted by atomic mass is 127. The summed E-state index contributed by atoms with van der Waals surface area (Å²) in [5.41, 5.74) is 2.59. The van der Waals surface area contributed by atoms with Gasteiger partial charge in [0, 0.05) is 26.7 Å². The number of benzene rings is 1. The van der Waals surface area contributed by atoms with E-state index in [2.05, 4.69) is 38.7 Å². The molecule has 0 bridgehead atoms. The maximum atomic E-state index is 12.7. The van der Waals surface area contributed by atoms with Crippen molar-refractivity contribution in [2.45, 2.75) is 31.8 Å². The van der Waals surface area contributed by atoms with Crippen molar-refractivity contribution in [1.29, 1.82) is 0 Å². The Balaban J connectivity index is 0.00000272. The van der Waals surface area contributed by atoms with Crippen LogP contribution in [0.2, 0.25) is 0 Å². The Labute approximate surface area is 201 Å². The molecule has 1 atom stereocenters. The quantitative estimate of drug-likeness (QED) is 0.337. The van der Waals surface area contributed by atoms with Gasteiger partial charge in [-0.3, -0.25) is 14.7 Å². The third-order valence-electron chi connectivity index (χ3n) is 6.03. The molecular weight excluding hydrogens is 505 g/mol. The molecule has 1 amide bonds. The SMILES string of the molecule is CN=C(NCC(=O)N1CCc2ccccc2C1)NCC(c1ccco1)N1CCCC1.I. The smallest absolute Gasteiger partial charge is 0.242 e. The van der Waals surface area contributed by atoms with E-state index in [0.717, 1.165) is 31.8 Å². The summed E-state index contributed by atoms with van der Waals surface area (Å²) in [6, 6.07) is 12.5. The highest BCUT2D eigenvalue weighted by Crippen LogP contribution is 2.24. The number of likely N-dealkylation sites (tertiary alicyclic amines) is 1. The molecule has 1 fully saturated rings. The second kappa shape index (κ2) is 11.5. The van der Waals surface area contributed by atoms with Crippen molar-refractivity contribution < 1.29 is 9.21 Å². The average Bonchev–Trinajstić information content (AvgIpc) is 3.50. The summed E-state index contributed by atoms with van der Waals surface area (Å²) in [6.45, 7) is 4.51. The molecule has 168 valence electrons. The van der Waals surface area contributed by atoms with Crippen LogP contribution in [0.25, 0.3) is 0 Å². The first-order valence-corrected chi connectivity index (χ1v) is 10.8. The van der Waals surface area contributed by atoms with E-state index in [0.29, 0.717) is 19.0 Å². The van der Waals surface area contributed by atoms with Crippen LogP contribution in [-0.2, 0) is 17.8 Å². The second-order valence-corrected chi connectivity index (χ2v) is 7.91. The topological polar surface area (TPSA) is 73.1 Å². The number of nitrogens with zero attached hydrogens (tertiary/aromatic N) is 3. The van der Waals surface area contributed by atoms with E-state index in [1.807, 2.05) is 23.1 Å². The number of fused-ring (bicyclic) bond motifs is 1. The number of halogens is 1. The largest absolute Gasteiger partial charge is 0.468 e. The van der Waals surface area contributed by atoms with Gasteiger partial charge in [0.2, 0.25) is 5.91 Å². The summed E-state index contributed by atoms with van der Waals surface area (Å²) in [5, 5.41) is 6.56. The Bertz CT molecular complexity index is 865. The lowest BCUT2D eigenvalue weighted by Crippen LogP contribution is -2.47. The highest BCUT2D eigenvalue weighted by molar-refractivity contribution is 14.0. The fraction of sp³-hybridized carbons (Fsp3) is 0.478. The first kappa shape index (κ1) is 23.6. The van der Waals surface area contributed by atoms with E-state index < -0.39 is 0 Å². The molecule has 1 saturated heterocycles. The number of nitrogens with one attached hydrogen (secondary N) is 2. The van der Waals surface area contributed by atoms with Gasteiger partial charge in [-0.1, -0.05) is 24.3 Å². The number of amides is 1. The molecule has 8 heteroatoms. The number of hydrogen-bond acceptors (Lipinski definition) is 4. The number of aliphatic imine (C=N–C) groups is 1. The van der Waals surface area contributed by atoms with Crippen molar-refractivity contribution in [2.75, 3.05) is 39.8 Å². The summed E-state index contributed by atoms with van der Waals surface area (Å²) in [6.07, 6.45) is 5.08. The van der Waals surface area contributed by atoms with Gasteiger partial charge >= 0.3 is 0 Å². The zero-order valence-corrected chi connectivity index (χ0v) is 20.4. The minimum Gasteiger partial charge on any atom is -0.468 e. The minimum atomic E-state index is 0. The van der Waals surface area contributed by atoms with Crippen LogP contribution in [0.5, 0.6) is 0 Å². The van der Waals surface area contributed by atoms with Crippen LogP contribution in [0.4, 0.5) is 0 Å². The predicted octanol–water partition coefficient (Wildman–Crippen LogP) is 2.78. The summed E-state index contributed by atoms with van der Waals surface area (Å²) in [7, 11) is 1.73. The molecule has 2 N–H and O–H groups in total. The van der Waals surface area contributed by atoms with E-state index in [1.54, 1.807) is 13.3 Å². The number of rotatable bonds is 6.